The van der Waals surface area contributed by atoms with Crippen LogP contribution < -0.4 is 10.1 Å². The summed E-state index contributed by atoms with van der Waals surface area (Å²) in [5.41, 5.74) is 1.69. The Morgan fingerprint density at radius 3 is 2.60 bits per heavy atom. The van der Waals surface area contributed by atoms with Gasteiger partial charge in [-0.1, -0.05) is 19.1 Å². The first-order valence-electron chi connectivity index (χ1n) is 8.25. The molecule has 0 bridgehead atoms. The van der Waals surface area contributed by atoms with Gasteiger partial charge in [-0.2, -0.15) is 0 Å². The van der Waals surface area contributed by atoms with Gasteiger partial charge >= 0.3 is 0 Å². The molecule has 0 saturated carbocycles. The average Bonchev–Trinajstić information content (AvgIpc) is 3.18. The molecule has 1 aliphatic heterocycles. The van der Waals surface area contributed by atoms with Crippen molar-refractivity contribution in [3.05, 3.63) is 59.2 Å². The van der Waals surface area contributed by atoms with Crippen LogP contribution >= 0.6 is 12.2 Å². The zero-order chi connectivity index (χ0) is 17.8. The zero-order valence-corrected chi connectivity index (χ0v) is 15.1. The van der Waals surface area contributed by atoms with Crippen LogP contribution in [0.2, 0.25) is 0 Å². The van der Waals surface area contributed by atoms with Crippen LogP contribution in [0.1, 0.15) is 30.9 Å². The lowest BCUT2D eigenvalue weighted by Crippen LogP contribution is -2.30. The number of ether oxygens (including phenoxy) is 1. The molecule has 1 saturated heterocycles. The Hall–Kier alpha value is -2.60. The van der Waals surface area contributed by atoms with Crippen molar-refractivity contribution in [3.8, 4) is 5.75 Å². The van der Waals surface area contributed by atoms with Gasteiger partial charge in [0.15, 0.2) is 5.11 Å². The fraction of sp³-hybridized carbons (Fsp3) is 0.263. The summed E-state index contributed by atoms with van der Waals surface area (Å²) in [4.78, 5) is 13.7. The summed E-state index contributed by atoms with van der Waals surface area (Å²) in [5.74, 6) is 1.92. The second kappa shape index (κ2) is 7.53. The maximum atomic E-state index is 12.2. The Kier molecular flexibility index (Phi) is 5.19. The van der Waals surface area contributed by atoms with E-state index in [0.717, 1.165) is 12.2 Å². The van der Waals surface area contributed by atoms with Gasteiger partial charge in [0.2, 0.25) is 0 Å². The third-order valence-electron chi connectivity index (χ3n) is 3.96. The number of carbonyl (C=O) groups is 1. The molecule has 6 heteroatoms. The first-order chi connectivity index (χ1) is 12.1. The molecule has 1 fully saturated rings. The lowest BCUT2D eigenvalue weighted by Gasteiger charge is -2.08. The quantitative estimate of drug-likeness (QED) is 0.634. The van der Waals surface area contributed by atoms with Gasteiger partial charge < -0.3 is 14.5 Å². The highest BCUT2D eigenvalue weighted by Crippen LogP contribution is 2.18. The van der Waals surface area contributed by atoms with E-state index in [-0.39, 0.29) is 5.91 Å². The summed E-state index contributed by atoms with van der Waals surface area (Å²) in [5, 5.41) is 3.33. The summed E-state index contributed by atoms with van der Waals surface area (Å²) < 4.78 is 11.4. The third kappa shape index (κ3) is 3.91. The molecule has 0 unspecified atom stereocenters. The summed E-state index contributed by atoms with van der Waals surface area (Å²) in [7, 11) is 0. The zero-order valence-electron chi connectivity index (χ0n) is 14.2. The fourth-order valence-corrected chi connectivity index (χ4v) is 2.85. The minimum atomic E-state index is -0.141. The van der Waals surface area contributed by atoms with Crippen LogP contribution in [0.4, 0.5) is 0 Å². The van der Waals surface area contributed by atoms with Gasteiger partial charge in [0, 0.05) is 12.6 Å². The Morgan fingerprint density at radius 2 is 1.96 bits per heavy atom. The number of amides is 1. The van der Waals surface area contributed by atoms with Crippen LogP contribution in [0, 0.1) is 0 Å². The van der Waals surface area contributed by atoms with E-state index in [4.69, 9.17) is 21.4 Å². The molecule has 3 rings (SSSR count). The summed E-state index contributed by atoms with van der Waals surface area (Å²) >= 11 is 5.13. The highest BCUT2D eigenvalue weighted by Gasteiger charge is 2.29. The summed E-state index contributed by atoms with van der Waals surface area (Å²) in [6.07, 6.45) is 2.66. The van der Waals surface area contributed by atoms with Crippen LogP contribution in [-0.2, 0) is 17.8 Å². The monoisotopic (exact) mass is 356 g/mol. The molecule has 25 heavy (non-hydrogen) atoms. The molecular weight excluding hydrogens is 336 g/mol. The van der Waals surface area contributed by atoms with Gasteiger partial charge in [-0.05, 0) is 55.4 Å². The number of benzene rings is 1. The van der Waals surface area contributed by atoms with Crippen LogP contribution in [0.15, 0.2) is 46.5 Å². The predicted octanol–water partition coefficient (Wildman–Crippen LogP) is 3.50. The Balaban J connectivity index is 1.63. The Bertz CT molecular complexity index is 808. The second-order valence-electron chi connectivity index (χ2n) is 5.63. The maximum Gasteiger partial charge on any atom is 0.276 e. The van der Waals surface area contributed by atoms with Crippen LogP contribution in [-0.4, -0.2) is 22.5 Å². The van der Waals surface area contributed by atoms with E-state index in [9.17, 15) is 4.79 Å². The number of hydrogen-bond acceptors (Lipinski definition) is 4. The van der Waals surface area contributed by atoms with E-state index in [1.54, 1.807) is 12.1 Å². The van der Waals surface area contributed by atoms with E-state index in [0.29, 0.717) is 35.5 Å². The number of hydrogen-bond donors (Lipinski definition) is 1. The van der Waals surface area contributed by atoms with Crippen LogP contribution in [0.25, 0.3) is 6.08 Å². The van der Waals surface area contributed by atoms with E-state index >= 15 is 0 Å². The highest BCUT2D eigenvalue weighted by atomic mass is 32.1. The molecule has 0 spiro atoms. The molecule has 0 atom stereocenters. The normalized spacial score (nSPS) is 15.8. The number of nitrogens with one attached hydrogen (secondary N) is 1. The first-order valence-corrected chi connectivity index (χ1v) is 8.66. The van der Waals surface area contributed by atoms with Crippen LogP contribution in [0.3, 0.4) is 0 Å². The molecule has 0 aliphatic carbocycles. The molecule has 0 radical (unpaired) electrons. The minimum Gasteiger partial charge on any atom is -0.486 e. The molecule has 1 amide bonds. The molecule has 2 aromatic rings. The summed E-state index contributed by atoms with van der Waals surface area (Å²) in [6, 6.07) is 11.6. The number of carbonyl (C=O) groups excluding carboxylic acids is 1. The molecule has 1 N–H and O–H groups in total. The molecule has 1 aromatic heterocycles. The molecule has 1 aliphatic rings. The van der Waals surface area contributed by atoms with Gasteiger partial charge in [0.1, 0.15) is 29.6 Å². The van der Waals surface area contributed by atoms with E-state index in [1.807, 2.05) is 37.3 Å². The highest BCUT2D eigenvalue weighted by molar-refractivity contribution is 7.80. The lowest BCUT2D eigenvalue weighted by molar-refractivity contribution is -0.122. The van der Waals surface area contributed by atoms with Crippen molar-refractivity contribution >= 4 is 29.3 Å². The molecule has 1 aromatic carbocycles. The van der Waals surface area contributed by atoms with Gasteiger partial charge in [-0.25, -0.2) is 0 Å². The topological polar surface area (TPSA) is 54.7 Å². The number of rotatable bonds is 6. The van der Waals surface area contributed by atoms with Crippen molar-refractivity contribution < 1.29 is 13.9 Å². The van der Waals surface area contributed by atoms with Crippen LogP contribution in [0.5, 0.6) is 5.75 Å². The number of thiocarbonyl (C=S) groups is 1. The molecule has 130 valence electrons. The Labute approximate surface area is 152 Å². The van der Waals surface area contributed by atoms with Crippen molar-refractivity contribution in [1.82, 2.24) is 10.2 Å². The molecule has 5 nitrogen and oxygen atoms in total. The first kappa shape index (κ1) is 17.2. The fourth-order valence-electron chi connectivity index (χ4n) is 2.53. The van der Waals surface area contributed by atoms with Gasteiger partial charge in [0.25, 0.3) is 5.91 Å². The summed E-state index contributed by atoms with van der Waals surface area (Å²) in [6.45, 7) is 4.86. The van der Waals surface area contributed by atoms with Gasteiger partial charge in [-0.3, -0.25) is 9.69 Å². The SMILES string of the molecule is CCc1ccc(OCc2ccc(/C=C3/NC(=S)N(CC)C3=O)o2)cc1. The smallest absolute Gasteiger partial charge is 0.276 e. The number of aryl methyl sites for hydroxylation is 1. The number of furan rings is 1. The van der Waals surface area contributed by atoms with Crippen molar-refractivity contribution in [2.24, 2.45) is 0 Å². The van der Waals surface area contributed by atoms with Crippen molar-refractivity contribution in [2.75, 3.05) is 6.54 Å². The van der Waals surface area contributed by atoms with E-state index in [1.165, 1.54) is 10.5 Å². The lowest BCUT2D eigenvalue weighted by atomic mass is 10.2. The maximum absolute atomic E-state index is 12.2. The average molecular weight is 356 g/mol. The van der Waals surface area contributed by atoms with Gasteiger partial charge in [-0.15, -0.1) is 0 Å². The van der Waals surface area contributed by atoms with Gasteiger partial charge in [0.05, 0.1) is 0 Å². The minimum absolute atomic E-state index is 0.141. The molecule has 2 heterocycles. The van der Waals surface area contributed by atoms with Crippen molar-refractivity contribution in [3.63, 3.8) is 0 Å². The largest absolute Gasteiger partial charge is 0.486 e. The number of likely N-dealkylation sites (N-methyl/N-ethyl adjacent to an activating group) is 1. The van der Waals surface area contributed by atoms with Crippen molar-refractivity contribution in [1.29, 1.82) is 0 Å². The van der Waals surface area contributed by atoms with E-state index in [2.05, 4.69) is 12.2 Å². The standard InChI is InChI=1S/C19H20N2O3S/c1-3-13-5-7-14(8-6-13)23-12-16-10-9-15(24-16)11-17-18(22)21(4-2)19(25)20-17/h5-11H,3-4,12H2,1-2H3,(H,20,25)/b17-11+. The third-order valence-corrected chi connectivity index (χ3v) is 4.28. The van der Waals surface area contributed by atoms with Crippen molar-refractivity contribution in [2.45, 2.75) is 26.9 Å². The van der Waals surface area contributed by atoms with E-state index < -0.39 is 0 Å². The predicted molar refractivity (Wildman–Crippen MR) is 100.0 cm³/mol. The number of nitrogens with zero attached hydrogens (tertiary/aromatic N) is 1. The molecular formula is C19H20N2O3S. The Morgan fingerprint density at radius 1 is 1.20 bits per heavy atom. The second-order valence-corrected chi connectivity index (χ2v) is 6.01.